The second-order valence-corrected chi connectivity index (χ2v) is 1.55. The summed E-state index contributed by atoms with van der Waals surface area (Å²) in [6.07, 6.45) is 0. The highest BCUT2D eigenvalue weighted by Crippen LogP contribution is 2.03. The van der Waals surface area contributed by atoms with E-state index in [1.165, 1.54) is 0 Å². The predicted octanol–water partition coefficient (Wildman–Crippen LogP) is -2.13. The van der Waals surface area contributed by atoms with E-state index in [2.05, 4.69) is 12.6 Å². The molecule has 0 aliphatic rings. The van der Waals surface area contributed by atoms with Gasteiger partial charge in [-0.3, -0.25) is 0 Å². The van der Waals surface area contributed by atoms with Gasteiger partial charge < -0.3 is 20.4 Å². The Hall–Kier alpha value is 0.190. The first-order chi connectivity index (χ1) is 2.94. The number of hydrogen-bond acceptors (Lipinski definition) is 5. The van der Waals surface area contributed by atoms with Crippen LogP contribution in [0.2, 0.25) is 0 Å². The van der Waals surface area contributed by atoms with Crippen molar-refractivity contribution in [2.45, 2.75) is 11.4 Å². The van der Waals surface area contributed by atoms with E-state index in [-0.39, 0.29) is 0 Å². The van der Waals surface area contributed by atoms with Crippen molar-refractivity contribution in [1.29, 1.82) is 0 Å². The van der Waals surface area contributed by atoms with Crippen molar-refractivity contribution < 1.29 is 20.4 Å². The molecule has 0 aromatic carbocycles. The van der Waals surface area contributed by atoms with Crippen LogP contribution in [-0.4, -0.2) is 31.8 Å². The van der Waals surface area contributed by atoms with Crippen molar-refractivity contribution in [3.05, 3.63) is 0 Å². The Morgan fingerprint density at radius 3 is 1.43 bits per heavy atom. The zero-order valence-corrected chi connectivity index (χ0v) is 4.21. The van der Waals surface area contributed by atoms with Crippen molar-refractivity contribution in [2.24, 2.45) is 0 Å². The topological polar surface area (TPSA) is 80.9 Å². The maximum atomic E-state index is 8.00. The molecule has 0 amide bonds. The fraction of sp³-hybridized carbons (Fsp3) is 1.00. The third kappa shape index (κ3) is 2.84. The number of thiol groups is 1. The maximum Gasteiger partial charge on any atom is 0.312 e. The van der Waals surface area contributed by atoms with Gasteiger partial charge in [0.05, 0.1) is 0 Å². The smallest absolute Gasteiger partial charge is 0.312 e. The Balaban J connectivity index is 3.54. The molecule has 0 radical (unpaired) electrons. The van der Waals surface area contributed by atoms with Crippen molar-refractivity contribution in [1.82, 2.24) is 0 Å². The van der Waals surface area contributed by atoms with E-state index in [9.17, 15) is 0 Å². The van der Waals surface area contributed by atoms with E-state index in [0.29, 0.717) is 0 Å². The molecule has 0 fully saturated rings. The van der Waals surface area contributed by atoms with Gasteiger partial charge in [-0.1, -0.05) is 0 Å². The minimum Gasteiger partial charge on any atom is -0.375 e. The van der Waals surface area contributed by atoms with Crippen LogP contribution in [0.25, 0.3) is 0 Å². The predicted molar refractivity (Wildman–Crippen MR) is 24.4 cm³/mol. The van der Waals surface area contributed by atoms with Gasteiger partial charge in [0.15, 0.2) is 5.44 Å². The van der Waals surface area contributed by atoms with Crippen LogP contribution in [0, 0.1) is 0 Å². The summed E-state index contributed by atoms with van der Waals surface area (Å²) in [6, 6.07) is 0. The SMILES string of the molecule is OC(S)C(O)(O)O. The fourth-order valence-electron chi connectivity index (χ4n) is 0. The zero-order valence-electron chi connectivity index (χ0n) is 3.31. The Bertz CT molecular complexity index is 55.2. The normalized spacial score (nSPS) is 16.7. The Morgan fingerprint density at radius 2 is 1.43 bits per heavy atom. The summed E-state index contributed by atoms with van der Waals surface area (Å²) < 4.78 is 0. The molecule has 0 aromatic rings. The number of rotatable bonds is 1. The van der Waals surface area contributed by atoms with Crippen LogP contribution in [0.4, 0.5) is 0 Å². The van der Waals surface area contributed by atoms with E-state index in [0.717, 1.165) is 0 Å². The van der Waals surface area contributed by atoms with E-state index in [1.807, 2.05) is 0 Å². The second kappa shape index (κ2) is 1.97. The van der Waals surface area contributed by atoms with Gasteiger partial charge in [-0.2, -0.15) is 0 Å². The molecule has 0 aliphatic heterocycles. The molecule has 0 saturated carbocycles. The monoisotopic (exact) mass is 126 g/mol. The first kappa shape index (κ1) is 7.19. The number of aliphatic hydroxyl groups excluding tert-OH is 1. The molecule has 5 heteroatoms. The Labute approximate surface area is 45.4 Å². The molecule has 0 rings (SSSR count). The van der Waals surface area contributed by atoms with E-state index in [1.54, 1.807) is 0 Å². The molecule has 0 saturated heterocycles. The maximum absolute atomic E-state index is 8.00. The molecule has 0 heterocycles. The van der Waals surface area contributed by atoms with Gasteiger partial charge in [0.1, 0.15) is 0 Å². The van der Waals surface area contributed by atoms with Crippen LogP contribution in [-0.2, 0) is 0 Å². The molecule has 7 heavy (non-hydrogen) atoms. The molecule has 4 nitrogen and oxygen atoms in total. The van der Waals surface area contributed by atoms with Gasteiger partial charge in [0.2, 0.25) is 0 Å². The zero-order chi connectivity index (χ0) is 6.08. The average Bonchev–Trinajstić information content (AvgIpc) is 1.31. The lowest BCUT2D eigenvalue weighted by Crippen LogP contribution is -2.38. The standard InChI is InChI=1S/C2H6O4S/c3-1(7)2(4,5)6/h1,3-7H. The van der Waals surface area contributed by atoms with Crippen molar-refractivity contribution >= 4 is 12.6 Å². The molecule has 1 atom stereocenters. The molecule has 0 aromatic heterocycles. The lowest BCUT2D eigenvalue weighted by molar-refractivity contribution is -0.335. The van der Waals surface area contributed by atoms with E-state index >= 15 is 0 Å². The van der Waals surface area contributed by atoms with Gasteiger partial charge in [-0.25, -0.2) is 0 Å². The third-order valence-electron chi connectivity index (χ3n) is 0.346. The first-order valence-electron chi connectivity index (χ1n) is 1.48. The Kier molecular flexibility index (Phi) is 2.03. The average molecular weight is 126 g/mol. The van der Waals surface area contributed by atoms with Crippen LogP contribution in [0.1, 0.15) is 0 Å². The van der Waals surface area contributed by atoms with Crippen LogP contribution in [0.15, 0.2) is 0 Å². The quantitative estimate of drug-likeness (QED) is 0.205. The van der Waals surface area contributed by atoms with Crippen LogP contribution in [0.3, 0.4) is 0 Å². The van der Waals surface area contributed by atoms with Crippen LogP contribution >= 0.6 is 12.6 Å². The molecule has 44 valence electrons. The van der Waals surface area contributed by atoms with Gasteiger partial charge >= 0.3 is 5.97 Å². The lowest BCUT2D eigenvalue weighted by atomic mass is 10.6. The second-order valence-electron chi connectivity index (χ2n) is 1.06. The van der Waals surface area contributed by atoms with Gasteiger partial charge in [-0.15, -0.1) is 12.6 Å². The highest BCUT2D eigenvalue weighted by atomic mass is 32.1. The highest BCUT2D eigenvalue weighted by Gasteiger charge is 2.26. The summed E-state index contributed by atoms with van der Waals surface area (Å²) in [5.41, 5.74) is -1.84. The summed E-state index contributed by atoms with van der Waals surface area (Å²) in [7, 11) is 0. The summed E-state index contributed by atoms with van der Waals surface area (Å²) in [5, 5.41) is 31.6. The van der Waals surface area contributed by atoms with Gasteiger partial charge in [0, 0.05) is 0 Å². The molecule has 4 N–H and O–H groups in total. The van der Waals surface area contributed by atoms with Gasteiger partial charge in [0.25, 0.3) is 0 Å². The lowest BCUT2D eigenvalue weighted by Gasteiger charge is -2.14. The number of hydrogen-bond donors (Lipinski definition) is 5. The van der Waals surface area contributed by atoms with Crippen LogP contribution < -0.4 is 0 Å². The fourth-order valence-corrected chi connectivity index (χ4v) is 0. The third-order valence-corrected chi connectivity index (χ3v) is 0.693. The molecular weight excluding hydrogens is 120 g/mol. The minimum atomic E-state index is -3.08. The number of aliphatic hydroxyl groups is 4. The molecule has 1 unspecified atom stereocenters. The summed E-state index contributed by atoms with van der Waals surface area (Å²) in [5.74, 6) is -3.08. The van der Waals surface area contributed by atoms with Crippen molar-refractivity contribution in [3.63, 3.8) is 0 Å². The highest BCUT2D eigenvalue weighted by molar-refractivity contribution is 7.80. The molecule has 0 bridgehead atoms. The first-order valence-corrected chi connectivity index (χ1v) is 1.99. The molecule has 0 aliphatic carbocycles. The van der Waals surface area contributed by atoms with Crippen molar-refractivity contribution in [3.8, 4) is 0 Å². The summed E-state index contributed by atoms with van der Waals surface area (Å²) >= 11 is 3.08. The van der Waals surface area contributed by atoms with E-state index in [4.69, 9.17) is 20.4 Å². The largest absolute Gasteiger partial charge is 0.375 e. The summed E-state index contributed by atoms with van der Waals surface area (Å²) in [6.45, 7) is 0. The minimum absolute atomic E-state index is 1.84. The Morgan fingerprint density at radius 1 is 1.29 bits per heavy atom. The van der Waals surface area contributed by atoms with Crippen LogP contribution in [0.5, 0.6) is 0 Å². The molecular formula is C2H6O4S. The van der Waals surface area contributed by atoms with E-state index < -0.39 is 11.4 Å². The summed E-state index contributed by atoms with van der Waals surface area (Å²) in [4.78, 5) is 0. The van der Waals surface area contributed by atoms with Gasteiger partial charge in [-0.05, 0) is 0 Å². The molecule has 0 spiro atoms. The van der Waals surface area contributed by atoms with Crippen molar-refractivity contribution in [2.75, 3.05) is 0 Å².